The van der Waals surface area contributed by atoms with Crippen LogP contribution in [0, 0.1) is 6.92 Å². The van der Waals surface area contributed by atoms with Crippen molar-refractivity contribution in [3.8, 4) is 0 Å². The van der Waals surface area contributed by atoms with Gasteiger partial charge in [-0.1, -0.05) is 62.4 Å². The van der Waals surface area contributed by atoms with Gasteiger partial charge in [-0.25, -0.2) is 0 Å². The summed E-state index contributed by atoms with van der Waals surface area (Å²) in [4.78, 5) is 12.0. The molecule has 0 spiro atoms. The van der Waals surface area contributed by atoms with Gasteiger partial charge in [-0.05, 0) is 41.5 Å². The number of aryl methyl sites for hydroxylation is 2. The van der Waals surface area contributed by atoms with Crippen molar-refractivity contribution in [2.75, 3.05) is 0 Å². The van der Waals surface area contributed by atoms with Crippen LogP contribution in [0.5, 0.6) is 0 Å². The van der Waals surface area contributed by atoms with Crippen molar-refractivity contribution in [2.45, 2.75) is 46.1 Å². The maximum atomic E-state index is 12.0. The number of carbonyl (C=O) groups excluding carboxylic acids is 1. The van der Waals surface area contributed by atoms with E-state index in [4.69, 9.17) is 0 Å². The molecule has 0 aliphatic carbocycles. The van der Waals surface area contributed by atoms with E-state index in [1.807, 2.05) is 12.1 Å². The van der Waals surface area contributed by atoms with Gasteiger partial charge >= 0.3 is 0 Å². The smallest absolute Gasteiger partial charge is 0.220 e. The van der Waals surface area contributed by atoms with Gasteiger partial charge in [-0.3, -0.25) is 4.79 Å². The van der Waals surface area contributed by atoms with Gasteiger partial charge in [-0.2, -0.15) is 0 Å². The van der Waals surface area contributed by atoms with E-state index in [1.165, 1.54) is 22.3 Å². The molecule has 2 heteroatoms. The highest BCUT2D eigenvalue weighted by Gasteiger charge is 2.04. The quantitative estimate of drug-likeness (QED) is 0.842. The Kier molecular flexibility index (Phi) is 5.76. The van der Waals surface area contributed by atoms with E-state index >= 15 is 0 Å². The lowest BCUT2D eigenvalue weighted by molar-refractivity contribution is -0.121. The summed E-state index contributed by atoms with van der Waals surface area (Å²) >= 11 is 0. The zero-order chi connectivity index (χ0) is 15.9. The molecule has 2 aromatic carbocycles. The molecule has 1 N–H and O–H groups in total. The number of hydrogen-bond acceptors (Lipinski definition) is 1. The van der Waals surface area contributed by atoms with Crippen molar-refractivity contribution in [3.05, 3.63) is 70.8 Å². The van der Waals surface area contributed by atoms with E-state index in [-0.39, 0.29) is 5.91 Å². The molecular weight excluding hydrogens is 270 g/mol. The third-order valence-corrected chi connectivity index (χ3v) is 4.02. The van der Waals surface area contributed by atoms with Crippen LogP contribution in [0.3, 0.4) is 0 Å². The fourth-order valence-corrected chi connectivity index (χ4v) is 2.42. The maximum absolute atomic E-state index is 12.0. The van der Waals surface area contributed by atoms with Crippen molar-refractivity contribution in [1.29, 1.82) is 0 Å². The summed E-state index contributed by atoms with van der Waals surface area (Å²) in [6.07, 6.45) is 1.32. The lowest BCUT2D eigenvalue weighted by Gasteiger charge is -2.09. The van der Waals surface area contributed by atoms with Crippen molar-refractivity contribution in [2.24, 2.45) is 0 Å². The highest BCUT2D eigenvalue weighted by atomic mass is 16.1. The van der Waals surface area contributed by atoms with Crippen LogP contribution in [0.4, 0.5) is 0 Å². The van der Waals surface area contributed by atoms with Gasteiger partial charge in [0.25, 0.3) is 0 Å². The number of rotatable bonds is 6. The highest BCUT2D eigenvalue weighted by molar-refractivity contribution is 5.76. The van der Waals surface area contributed by atoms with E-state index in [2.05, 4.69) is 62.5 Å². The Balaban J connectivity index is 1.79. The molecule has 0 saturated heterocycles. The van der Waals surface area contributed by atoms with Gasteiger partial charge in [0.1, 0.15) is 0 Å². The molecule has 0 fully saturated rings. The minimum atomic E-state index is 0.108. The fourth-order valence-electron chi connectivity index (χ4n) is 2.42. The molecule has 2 rings (SSSR count). The predicted molar refractivity (Wildman–Crippen MR) is 91.9 cm³/mol. The van der Waals surface area contributed by atoms with Crippen molar-refractivity contribution in [3.63, 3.8) is 0 Å². The molecule has 116 valence electrons. The molecule has 0 aliphatic heterocycles. The van der Waals surface area contributed by atoms with E-state index in [1.54, 1.807) is 0 Å². The molecule has 0 atom stereocenters. The lowest BCUT2D eigenvalue weighted by atomic mass is 10.0. The Morgan fingerprint density at radius 3 is 2.36 bits per heavy atom. The molecule has 0 heterocycles. The third-order valence-electron chi connectivity index (χ3n) is 4.02. The van der Waals surface area contributed by atoms with Crippen LogP contribution in [0.2, 0.25) is 0 Å². The second-order valence-corrected chi connectivity index (χ2v) is 6.10. The maximum Gasteiger partial charge on any atom is 0.220 e. The van der Waals surface area contributed by atoms with Gasteiger partial charge in [0.15, 0.2) is 0 Å². The first kappa shape index (κ1) is 16.3. The zero-order valence-corrected chi connectivity index (χ0v) is 13.7. The Labute approximate surface area is 133 Å². The number of benzene rings is 2. The molecule has 1 amide bonds. The number of amides is 1. The zero-order valence-electron chi connectivity index (χ0n) is 13.7. The van der Waals surface area contributed by atoms with Crippen molar-refractivity contribution in [1.82, 2.24) is 5.32 Å². The first-order valence-corrected chi connectivity index (χ1v) is 7.96. The van der Waals surface area contributed by atoms with Gasteiger partial charge in [0, 0.05) is 13.0 Å². The molecule has 2 nitrogen and oxygen atoms in total. The number of nitrogens with one attached hydrogen (secondary N) is 1. The summed E-state index contributed by atoms with van der Waals surface area (Å²) in [5.74, 6) is 0.655. The first-order valence-electron chi connectivity index (χ1n) is 7.96. The monoisotopic (exact) mass is 295 g/mol. The Bertz CT molecular complexity index is 614. The Morgan fingerprint density at radius 2 is 1.73 bits per heavy atom. The minimum Gasteiger partial charge on any atom is -0.352 e. The predicted octanol–water partition coefficient (Wildman–Crippen LogP) is 4.37. The second-order valence-electron chi connectivity index (χ2n) is 6.10. The van der Waals surface area contributed by atoms with Gasteiger partial charge < -0.3 is 5.32 Å². The van der Waals surface area contributed by atoms with Crippen LogP contribution >= 0.6 is 0 Å². The van der Waals surface area contributed by atoms with Gasteiger partial charge in [0.05, 0.1) is 0 Å². The van der Waals surface area contributed by atoms with Crippen molar-refractivity contribution >= 4 is 5.91 Å². The molecule has 0 unspecified atom stereocenters. The first-order chi connectivity index (χ1) is 10.6. The fraction of sp³-hybridized carbons (Fsp3) is 0.350. The van der Waals surface area contributed by atoms with E-state index in [9.17, 15) is 4.79 Å². The summed E-state index contributed by atoms with van der Waals surface area (Å²) in [5, 5.41) is 3.00. The molecule has 0 saturated carbocycles. The Hall–Kier alpha value is -2.09. The summed E-state index contributed by atoms with van der Waals surface area (Å²) in [6, 6.07) is 16.7. The van der Waals surface area contributed by atoms with E-state index in [0.717, 1.165) is 6.42 Å². The number of carbonyl (C=O) groups is 1. The molecule has 0 aliphatic rings. The summed E-state index contributed by atoms with van der Waals surface area (Å²) in [5.41, 5.74) is 4.95. The van der Waals surface area contributed by atoms with Gasteiger partial charge in [-0.15, -0.1) is 0 Å². The molecule has 0 bridgehead atoms. The summed E-state index contributed by atoms with van der Waals surface area (Å²) in [7, 11) is 0. The van der Waals surface area contributed by atoms with Crippen LogP contribution in [0.15, 0.2) is 48.5 Å². The molecule has 2 aromatic rings. The third kappa shape index (κ3) is 4.73. The minimum absolute atomic E-state index is 0.108. The average Bonchev–Trinajstić information content (AvgIpc) is 2.52. The van der Waals surface area contributed by atoms with Crippen LogP contribution in [-0.2, 0) is 17.8 Å². The van der Waals surface area contributed by atoms with Crippen molar-refractivity contribution < 1.29 is 4.79 Å². The van der Waals surface area contributed by atoms with Crippen LogP contribution in [0.1, 0.15) is 48.4 Å². The normalized spacial score (nSPS) is 10.7. The Morgan fingerprint density at radius 1 is 1.05 bits per heavy atom. The topological polar surface area (TPSA) is 29.1 Å². The summed E-state index contributed by atoms with van der Waals surface area (Å²) in [6.45, 7) is 7.05. The second kappa shape index (κ2) is 7.79. The molecular formula is C20H25NO. The lowest BCUT2D eigenvalue weighted by Crippen LogP contribution is -2.23. The SMILES string of the molecule is Cc1ccccc1CNC(=O)CCc1ccc(C(C)C)cc1. The molecule has 0 aromatic heterocycles. The number of hydrogen-bond donors (Lipinski definition) is 1. The summed E-state index contributed by atoms with van der Waals surface area (Å²) < 4.78 is 0. The highest BCUT2D eigenvalue weighted by Crippen LogP contribution is 2.15. The average molecular weight is 295 g/mol. The van der Waals surface area contributed by atoms with Crippen LogP contribution in [-0.4, -0.2) is 5.91 Å². The van der Waals surface area contributed by atoms with Gasteiger partial charge in [0.2, 0.25) is 5.91 Å². The van der Waals surface area contributed by atoms with Crippen LogP contribution in [0.25, 0.3) is 0 Å². The standard InChI is InChI=1S/C20H25NO/c1-15(2)18-11-8-17(9-12-18)10-13-20(22)21-14-19-7-5-4-6-16(19)3/h4-9,11-12,15H,10,13-14H2,1-3H3,(H,21,22). The van der Waals surface area contributed by atoms with E-state index < -0.39 is 0 Å². The molecule has 0 radical (unpaired) electrons. The molecule has 22 heavy (non-hydrogen) atoms. The largest absolute Gasteiger partial charge is 0.352 e. The van der Waals surface area contributed by atoms with Crippen LogP contribution < -0.4 is 5.32 Å². The van der Waals surface area contributed by atoms with E-state index in [0.29, 0.717) is 18.9 Å².